The Morgan fingerprint density at radius 1 is 0.969 bits per heavy atom. The summed E-state index contributed by atoms with van der Waals surface area (Å²) < 4.78 is 6.19. The Bertz CT molecular complexity index is 1260. The Morgan fingerprint density at radius 3 is 2.47 bits per heavy atom. The molecule has 0 spiro atoms. The first-order valence-corrected chi connectivity index (χ1v) is 10.9. The molecule has 5 rings (SSSR count). The minimum Gasteiger partial charge on any atom is -0.457 e. The van der Waals surface area contributed by atoms with Gasteiger partial charge in [-0.2, -0.15) is 0 Å². The number of aryl methyl sites for hydroxylation is 1. The quantitative estimate of drug-likeness (QED) is 0.513. The minimum atomic E-state index is -0.0152. The van der Waals surface area contributed by atoms with Crippen LogP contribution in [0.25, 0.3) is 22.0 Å². The van der Waals surface area contributed by atoms with Crippen molar-refractivity contribution in [2.45, 2.75) is 6.92 Å². The van der Waals surface area contributed by atoms with Crippen LogP contribution in [0.15, 0.2) is 66.9 Å². The zero-order valence-electron chi connectivity index (χ0n) is 18.3. The molecule has 0 atom stereocenters. The smallest absolute Gasteiger partial charge is 0.272 e. The highest BCUT2D eigenvalue weighted by Crippen LogP contribution is 2.37. The second kappa shape index (κ2) is 8.48. The highest BCUT2D eigenvalue weighted by molar-refractivity contribution is 6.03. The van der Waals surface area contributed by atoms with Crippen molar-refractivity contribution < 1.29 is 9.53 Å². The van der Waals surface area contributed by atoms with Crippen LogP contribution in [0.3, 0.4) is 0 Å². The fraction of sp³-hybridized carbons (Fsp3) is 0.231. The van der Waals surface area contributed by atoms with Gasteiger partial charge in [-0.15, -0.1) is 0 Å². The second-order valence-electron chi connectivity index (χ2n) is 8.25. The molecule has 3 heterocycles. The van der Waals surface area contributed by atoms with Crippen LogP contribution in [-0.2, 0) is 0 Å². The maximum atomic E-state index is 13.1. The maximum absolute atomic E-state index is 13.1. The number of hydrogen-bond donors (Lipinski definition) is 1. The van der Waals surface area contributed by atoms with Crippen LogP contribution in [0.5, 0.6) is 11.5 Å². The number of nitrogens with zero attached hydrogens (tertiary/aromatic N) is 3. The normalized spacial score (nSPS) is 14.6. The van der Waals surface area contributed by atoms with Crippen LogP contribution >= 0.6 is 0 Å². The number of likely N-dealkylation sites (N-methyl/N-ethyl adjacent to an activating group) is 1. The van der Waals surface area contributed by atoms with Gasteiger partial charge in [-0.1, -0.05) is 30.3 Å². The third kappa shape index (κ3) is 3.85. The fourth-order valence-corrected chi connectivity index (χ4v) is 4.16. The second-order valence-corrected chi connectivity index (χ2v) is 8.25. The topological polar surface area (TPSA) is 61.5 Å². The predicted octanol–water partition coefficient (Wildman–Crippen LogP) is 4.72. The fourth-order valence-electron chi connectivity index (χ4n) is 4.16. The zero-order valence-corrected chi connectivity index (χ0v) is 18.3. The third-order valence-corrected chi connectivity index (χ3v) is 6.03. The van der Waals surface area contributed by atoms with Gasteiger partial charge < -0.3 is 19.5 Å². The van der Waals surface area contributed by atoms with Gasteiger partial charge in [-0.05, 0) is 44.3 Å². The first kappa shape index (κ1) is 20.3. The number of benzene rings is 2. The first-order chi connectivity index (χ1) is 15.6. The van der Waals surface area contributed by atoms with Gasteiger partial charge in [0.05, 0.1) is 5.69 Å². The molecule has 6 heteroatoms. The Kier molecular flexibility index (Phi) is 5.37. The van der Waals surface area contributed by atoms with Crippen LogP contribution in [0.1, 0.15) is 16.2 Å². The van der Waals surface area contributed by atoms with E-state index in [1.165, 1.54) is 0 Å². The lowest BCUT2D eigenvalue weighted by molar-refractivity contribution is 0.0658. The lowest BCUT2D eigenvalue weighted by atomic mass is 10.1. The summed E-state index contributed by atoms with van der Waals surface area (Å²) in [6, 6.07) is 19.6. The number of hydrogen-bond acceptors (Lipinski definition) is 4. The van der Waals surface area contributed by atoms with Gasteiger partial charge in [0.25, 0.3) is 5.91 Å². The largest absolute Gasteiger partial charge is 0.457 e. The first-order valence-electron chi connectivity index (χ1n) is 10.9. The van der Waals surface area contributed by atoms with Crippen molar-refractivity contribution in [1.29, 1.82) is 0 Å². The van der Waals surface area contributed by atoms with Crippen LogP contribution in [-0.4, -0.2) is 58.9 Å². The number of amides is 1. The molecule has 0 unspecified atom stereocenters. The molecule has 0 radical (unpaired) electrons. The molecule has 0 saturated carbocycles. The molecule has 32 heavy (non-hydrogen) atoms. The lowest BCUT2D eigenvalue weighted by Gasteiger charge is -2.32. The van der Waals surface area contributed by atoms with Crippen LogP contribution in [0.2, 0.25) is 0 Å². The van der Waals surface area contributed by atoms with E-state index >= 15 is 0 Å². The molecule has 4 aromatic rings. The van der Waals surface area contributed by atoms with Crippen molar-refractivity contribution in [2.24, 2.45) is 0 Å². The van der Waals surface area contributed by atoms with Crippen molar-refractivity contribution in [1.82, 2.24) is 19.8 Å². The summed E-state index contributed by atoms with van der Waals surface area (Å²) in [5, 5.41) is 1.98. The molecule has 2 aromatic carbocycles. The van der Waals surface area contributed by atoms with Gasteiger partial charge in [0, 0.05) is 54.4 Å². The van der Waals surface area contributed by atoms with Gasteiger partial charge in [0.1, 0.15) is 17.2 Å². The van der Waals surface area contributed by atoms with Crippen LogP contribution in [0.4, 0.5) is 0 Å². The van der Waals surface area contributed by atoms with E-state index in [1.54, 1.807) is 6.20 Å². The minimum absolute atomic E-state index is 0.0152. The van der Waals surface area contributed by atoms with E-state index in [0.717, 1.165) is 65.4 Å². The van der Waals surface area contributed by atoms with Crippen LogP contribution in [0, 0.1) is 6.92 Å². The van der Waals surface area contributed by atoms with Gasteiger partial charge in [0.15, 0.2) is 0 Å². The molecule has 0 bridgehead atoms. The molecule has 162 valence electrons. The maximum Gasteiger partial charge on any atom is 0.272 e. The molecule has 1 amide bonds. The summed E-state index contributed by atoms with van der Waals surface area (Å²) >= 11 is 0. The highest BCUT2D eigenvalue weighted by Gasteiger charge is 2.23. The van der Waals surface area contributed by atoms with Crippen molar-refractivity contribution in [3.63, 3.8) is 0 Å². The molecule has 1 saturated heterocycles. The predicted molar refractivity (Wildman–Crippen MR) is 126 cm³/mol. The number of ether oxygens (including phenoxy) is 1. The lowest BCUT2D eigenvalue weighted by Crippen LogP contribution is -2.47. The Morgan fingerprint density at radius 2 is 1.69 bits per heavy atom. The number of carbonyl (C=O) groups excluding carboxylic acids is 1. The van der Waals surface area contributed by atoms with Crippen LogP contribution < -0.4 is 4.74 Å². The van der Waals surface area contributed by atoms with E-state index in [9.17, 15) is 4.79 Å². The van der Waals surface area contributed by atoms with Gasteiger partial charge in [-0.25, -0.2) is 0 Å². The van der Waals surface area contributed by atoms with E-state index < -0.39 is 0 Å². The number of aromatic nitrogens is 2. The summed E-state index contributed by atoms with van der Waals surface area (Å²) in [6.45, 7) is 5.24. The molecule has 0 aliphatic carbocycles. The SMILES string of the molecule is Cc1[nH]c(-c2ccccc2Oc2ccccc2)c2cc(C(=O)N3CCN(C)CC3)ncc12. The molecular weight excluding hydrogens is 400 g/mol. The standard InChI is InChI=1S/C26H26N4O2/c1-18-22-17-27-23(26(31)30-14-12-29(2)13-15-30)16-21(22)25(28-18)20-10-6-7-11-24(20)32-19-8-4-3-5-9-19/h3-11,16-17,28H,12-15H2,1-2H3. The van der Waals surface area contributed by atoms with Crippen molar-refractivity contribution in [3.05, 3.63) is 78.2 Å². The van der Waals surface area contributed by atoms with Crippen molar-refractivity contribution in [2.75, 3.05) is 33.2 Å². The average molecular weight is 427 g/mol. The number of para-hydroxylation sites is 2. The van der Waals surface area contributed by atoms with Gasteiger partial charge in [0.2, 0.25) is 0 Å². The number of aromatic amines is 1. The Hall–Kier alpha value is -3.64. The Balaban J connectivity index is 1.54. The summed E-state index contributed by atoms with van der Waals surface area (Å²) in [7, 11) is 2.08. The number of piperazine rings is 1. The Labute approximate surface area is 187 Å². The van der Waals surface area contributed by atoms with E-state index in [0.29, 0.717) is 5.69 Å². The number of nitrogens with one attached hydrogen (secondary N) is 1. The van der Waals surface area contributed by atoms with Gasteiger partial charge in [-0.3, -0.25) is 9.78 Å². The number of fused-ring (bicyclic) bond motifs is 1. The highest BCUT2D eigenvalue weighted by atomic mass is 16.5. The third-order valence-electron chi connectivity index (χ3n) is 6.03. The van der Waals surface area contributed by atoms with E-state index in [-0.39, 0.29) is 5.91 Å². The van der Waals surface area contributed by atoms with Crippen molar-refractivity contribution in [3.8, 4) is 22.8 Å². The number of pyridine rings is 1. The number of rotatable bonds is 4. The number of H-pyrrole nitrogens is 1. The van der Waals surface area contributed by atoms with E-state index in [2.05, 4.69) is 21.9 Å². The van der Waals surface area contributed by atoms with Gasteiger partial charge >= 0.3 is 0 Å². The average Bonchev–Trinajstić information content (AvgIpc) is 3.16. The molecular formula is C26H26N4O2. The zero-order chi connectivity index (χ0) is 22.1. The summed E-state index contributed by atoms with van der Waals surface area (Å²) in [5.74, 6) is 1.52. The van der Waals surface area contributed by atoms with E-state index in [1.807, 2.05) is 72.5 Å². The number of carbonyl (C=O) groups is 1. The molecule has 6 nitrogen and oxygen atoms in total. The summed E-state index contributed by atoms with van der Waals surface area (Å²) in [5.41, 5.74) is 3.36. The summed E-state index contributed by atoms with van der Waals surface area (Å²) in [6.07, 6.45) is 1.80. The summed E-state index contributed by atoms with van der Waals surface area (Å²) in [4.78, 5) is 25.2. The molecule has 1 N–H and O–H groups in total. The monoisotopic (exact) mass is 426 g/mol. The molecule has 2 aromatic heterocycles. The van der Waals surface area contributed by atoms with Crippen molar-refractivity contribution >= 4 is 16.7 Å². The molecule has 1 aliphatic heterocycles. The van der Waals surface area contributed by atoms with E-state index in [4.69, 9.17) is 4.74 Å². The molecule has 1 fully saturated rings. The molecule has 1 aliphatic rings.